The number of nitrogens with zero attached hydrogens (tertiary/aromatic N) is 1. The van der Waals surface area contributed by atoms with E-state index >= 15 is 0 Å². The van der Waals surface area contributed by atoms with Gasteiger partial charge in [0.2, 0.25) is 5.89 Å². The van der Waals surface area contributed by atoms with Gasteiger partial charge in [0, 0.05) is 16.3 Å². The second kappa shape index (κ2) is 7.93. The Labute approximate surface area is 171 Å². The minimum absolute atomic E-state index is 0.198. The molecule has 1 heterocycles. The topological polar surface area (TPSA) is 64.4 Å². The predicted octanol–water partition coefficient (Wildman–Crippen LogP) is 5.61. The molecule has 0 aliphatic heterocycles. The molecule has 4 rings (SSSR count). The third kappa shape index (κ3) is 4.22. The average molecular weight is 411 g/mol. The molecule has 0 radical (unpaired) electrons. The van der Waals surface area contributed by atoms with Crippen LogP contribution in [0.4, 0.5) is 10.1 Å². The maximum atomic E-state index is 12.9. The molecule has 1 amide bonds. The van der Waals surface area contributed by atoms with Gasteiger partial charge >= 0.3 is 0 Å². The highest BCUT2D eigenvalue weighted by Crippen LogP contribution is 2.31. The fourth-order valence-corrected chi connectivity index (χ4v) is 3.05. The normalized spacial score (nSPS) is 10.9. The van der Waals surface area contributed by atoms with Gasteiger partial charge in [-0.1, -0.05) is 17.7 Å². The zero-order valence-corrected chi connectivity index (χ0v) is 16.2. The van der Waals surface area contributed by atoms with Crippen LogP contribution >= 0.6 is 11.6 Å². The minimum atomic E-state index is -0.365. The second-order valence-electron chi connectivity index (χ2n) is 6.40. The van der Waals surface area contributed by atoms with E-state index in [9.17, 15) is 9.18 Å². The molecule has 0 fully saturated rings. The molecule has 3 aromatic carbocycles. The van der Waals surface area contributed by atoms with E-state index in [1.54, 1.807) is 30.3 Å². The number of nitrogens with one attached hydrogen (secondary N) is 1. The summed E-state index contributed by atoms with van der Waals surface area (Å²) >= 11 is 6.01. The lowest BCUT2D eigenvalue weighted by atomic mass is 10.1. The number of carbonyl (C=O) groups is 1. The van der Waals surface area contributed by atoms with Crippen molar-refractivity contribution < 1.29 is 18.3 Å². The van der Waals surface area contributed by atoms with Crippen LogP contribution in [0.3, 0.4) is 0 Å². The van der Waals surface area contributed by atoms with Gasteiger partial charge in [0.1, 0.15) is 17.1 Å². The Balaban J connectivity index is 1.51. The van der Waals surface area contributed by atoms with Gasteiger partial charge in [0.05, 0.1) is 0 Å². The molecule has 7 heteroatoms. The van der Waals surface area contributed by atoms with Crippen LogP contribution in [0.15, 0.2) is 65.1 Å². The third-order valence-corrected chi connectivity index (χ3v) is 4.61. The Bertz CT molecular complexity index is 1190. The molecule has 4 aromatic rings. The Morgan fingerprint density at radius 2 is 1.97 bits per heavy atom. The molecule has 0 bridgehead atoms. The van der Waals surface area contributed by atoms with Crippen LogP contribution in [0.5, 0.6) is 5.75 Å². The van der Waals surface area contributed by atoms with E-state index < -0.39 is 0 Å². The summed E-state index contributed by atoms with van der Waals surface area (Å²) in [7, 11) is 0. The highest BCUT2D eigenvalue weighted by Gasteiger charge is 2.14. The van der Waals surface area contributed by atoms with Crippen LogP contribution in [0.1, 0.15) is 5.56 Å². The van der Waals surface area contributed by atoms with E-state index in [1.807, 2.05) is 13.0 Å². The molecule has 0 saturated carbocycles. The van der Waals surface area contributed by atoms with Crippen molar-refractivity contribution >= 4 is 34.3 Å². The SMILES string of the molecule is Cc1c(NC(=O)COc2ccc(F)cc2)cccc1-c1nc2cc(Cl)ccc2o1. The fraction of sp³-hybridized carbons (Fsp3) is 0.0909. The number of rotatable bonds is 5. The molecular formula is C22H16ClFN2O3. The number of oxazole rings is 1. The smallest absolute Gasteiger partial charge is 0.262 e. The first-order valence-corrected chi connectivity index (χ1v) is 9.22. The molecule has 0 aliphatic rings. The van der Waals surface area contributed by atoms with Gasteiger partial charge in [0.15, 0.2) is 12.2 Å². The van der Waals surface area contributed by atoms with Crippen molar-refractivity contribution in [3.05, 3.63) is 77.1 Å². The second-order valence-corrected chi connectivity index (χ2v) is 6.84. The van der Waals surface area contributed by atoms with Gasteiger partial charge in [-0.15, -0.1) is 0 Å². The number of anilines is 1. The Morgan fingerprint density at radius 1 is 1.17 bits per heavy atom. The first-order valence-electron chi connectivity index (χ1n) is 8.84. The number of ether oxygens (including phenoxy) is 1. The number of carbonyl (C=O) groups excluding carboxylic acids is 1. The highest BCUT2D eigenvalue weighted by molar-refractivity contribution is 6.31. The standard InChI is InChI=1S/C22H16ClFN2O3/c1-13-17(22-26-19-11-14(23)5-10-20(19)29-22)3-2-4-18(13)25-21(27)12-28-16-8-6-15(24)7-9-16/h2-11H,12H2,1H3,(H,25,27). The van der Waals surface area contributed by atoms with Gasteiger partial charge in [0.25, 0.3) is 5.91 Å². The summed E-state index contributed by atoms with van der Waals surface area (Å²) in [5, 5.41) is 3.40. The van der Waals surface area contributed by atoms with Gasteiger partial charge in [-0.25, -0.2) is 9.37 Å². The number of hydrogen-bond donors (Lipinski definition) is 1. The molecule has 5 nitrogen and oxygen atoms in total. The van der Waals surface area contributed by atoms with Crippen LogP contribution in [0.2, 0.25) is 5.02 Å². The van der Waals surface area contributed by atoms with Gasteiger partial charge in [-0.05, 0) is 67.1 Å². The molecule has 1 aromatic heterocycles. The molecule has 0 atom stereocenters. The maximum Gasteiger partial charge on any atom is 0.262 e. The number of hydrogen-bond acceptors (Lipinski definition) is 4. The van der Waals surface area contributed by atoms with E-state index in [-0.39, 0.29) is 18.3 Å². The van der Waals surface area contributed by atoms with Crippen LogP contribution < -0.4 is 10.1 Å². The van der Waals surface area contributed by atoms with Crippen LogP contribution in [-0.4, -0.2) is 17.5 Å². The van der Waals surface area contributed by atoms with Crippen molar-refractivity contribution in [1.29, 1.82) is 0 Å². The van der Waals surface area contributed by atoms with Crippen molar-refractivity contribution in [2.75, 3.05) is 11.9 Å². The van der Waals surface area contributed by atoms with Crippen LogP contribution in [0, 0.1) is 12.7 Å². The zero-order chi connectivity index (χ0) is 20.4. The minimum Gasteiger partial charge on any atom is -0.484 e. The van der Waals surface area contributed by atoms with E-state index in [0.29, 0.717) is 33.4 Å². The summed E-state index contributed by atoms with van der Waals surface area (Å²) in [6.07, 6.45) is 0. The highest BCUT2D eigenvalue weighted by atomic mass is 35.5. The van der Waals surface area contributed by atoms with Gasteiger partial charge in [-0.2, -0.15) is 0 Å². The summed E-state index contributed by atoms with van der Waals surface area (Å²) in [6.45, 7) is 1.67. The Morgan fingerprint density at radius 3 is 2.76 bits per heavy atom. The lowest BCUT2D eigenvalue weighted by molar-refractivity contribution is -0.118. The summed E-state index contributed by atoms with van der Waals surface area (Å²) in [6, 6.07) is 16.2. The zero-order valence-electron chi connectivity index (χ0n) is 15.4. The summed E-state index contributed by atoms with van der Waals surface area (Å²) < 4.78 is 24.1. The summed E-state index contributed by atoms with van der Waals surface area (Å²) in [5.41, 5.74) is 3.48. The molecule has 0 aliphatic carbocycles. The van der Waals surface area contributed by atoms with Crippen molar-refractivity contribution in [2.45, 2.75) is 6.92 Å². The number of fused-ring (bicyclic) bond motifs is 1. The van der Waals surface area contributed by atoms with Crippen molar-refractivity contribution in [1.82, 2.24) is 4.98 Å². The largest absolute Gasteiger partial charge is 0.484 e. The predicted molar refractivity (Wildman–Crippen MR) is 110 cm³/mol. The molecule has 0 spiro atoms. The lowest BCUT2D eigenvalue weighted by Crippen LogP contribution is -2.20. The van der Waals surface area contributed by atoms with Crippen molar-refractivity contribution in [3.63, 3.8) is 0 Å². The molecular weight excluding hydrogens is 395 g/mol. The van der Waals surface area contributed by atoms with E-state index in [4.69, 9.17) is 20.8 Å². The number of halogens is 2. The van der Waals surface area contributed by atoms with Gasteiger partial charge < -0.3 is 14.5 Å². The molecule has 29 heavy (non-hydrogen) atoms. The van der Waals surface area contributed by atoms with E-state index in [0.717, 1.165) is 11.1 Å². The molecule has 0 saturated heterocycles. The Kier molecular flexibility index (Phi) is 5.18. The number of amides is 1. The van der Waals surface area contributed by atoms with Crippen LogP contribution in [-0.2, 0) is 4.79 Å². The van der Waals surface area contributed by atoms with Crippen molar-refractivity contribution in [2.24, 2.45) is 0 Å². The third-order valence-electron chi connectivity index (χ3n) is 4.37. The maximum absolute atomic E-state index is 12.9. The first-order chi connectivity index (χ1) is 14.0. The first kappa shape index (κ1) is 19.0. The summed E-state index contributed by atoms with van der Waals surface area (Å²) in [4.78, 5) is 16.8. The fourth-order valence-electron chi connectivity index (χ4n) is 2.88. The Hall–Kier alpha value is -3.38. The number of aromatic nitrogens is 1. The molecule has 146 valence electrons. The monoisotopic (exact) mass is 410 g/mol. The van der Waals surface area contributed by atoms with E-state index in [1.165, 1.54) is 24.3 Å². The molecule has 1 N–H and O–H groups in total. The lowest BCUT2D eigenvalue weighted by Gasteiger charge is -2.11. The molecule has 0 unspecified atom stereocenters. The van der Waals surface area contributed by atoms with E-state index in [2.05, 4.69) is 10.3 Å². The quantitative estimate of drug-likeness (QED) is 0.464. The van der Waals surface area contributed by atoms with Gasteiger partial charge in [-0.3, -0.25) is 4.79 Å². The average Bonchev–Trinajstić information content (AvgIpc) is 3.12. The van der Waals surface area contributed by atoms with Crippen molar-refractivity contribution in [3.8, 4) is 17.2 Å². The van der Waals surface area contributed by atoms with Crippen LogP contribution in [0.25, 0.3) is 22.6 Å². The number of benzene rings is 3. The summed E-state index contributed by atoms with van der Waals surface area (Å²) in [5.74, 6) is 0.158.